The summed E-state index contributed by atoms with van der Waals surface area (Å²) in [5, 5.41) is 3.13. The Labute approximate surface area is 108 Å². The predicted octanol–water partition coefficient (Wildman–Crippen LogP) is 2.04. The number of carbonyl (C=O) groups is 1. The second kappa shape index (κ2) is 5.87. The molecule has 4 heteroatoms. The van der Waals surface area contributed by atoms with Gasteiger partial charge < -0.3 is 10.1 Å². The van der Waals surface area contributed by atoms with Gasteiger partial charge in [0.2, 0.25) is 0 Å². The Morgan fingerprint density at radius 2 is 2.22 bits per heavy atom. The second-order valence-corrected chi connectivity index (χ2v) is 4.59. The largest absolute Gasteiger partial charge is 0.449 e. The molecule has 0 aromatic heterocycles. The molecule has 1 heterocycles. The van der Waals surface area contributed by atoms with Gasteiger partial charge in [-0.2, -0.15) is 0 Å². The maximum Gasteiger partial charge on any atom is 0.414 e. The summed E-state index contributed by atoms with van der Waals surface area (Å²) in [6, 6.07) is 8.01. The maximum atomic E-state index is 11.9. The minimum absolute atomic E-state index is 0.233. The summed E-state index contributed by atoms with van der Waals surface area (Å²) in [6.45, 7) is 4.18. The zero-order valence-corrected chi connectivity index (χ0v) is 11.0. The molecular formula is C14H20N2O2. The molecule has 0 radical (unpaired) electrons. The van der Waals surface area contributed by atoms with Crippen LogP contribution in [0.1, 0.15) is 12.5 Å². The first kappa shape index (κ1) is 12.9. The lowest BCUT2D eigenvalue weighted by Crippen LogP contribution is -2.46. The molecule has 1 amide bonds. The van der Waals surface area contributed by atoms with Crippen LogP contribution >= 0.6 is 0 Å². The predicted molar refractivity (Wildman–Crippen MR) is 71.9 cm³/mol. The lowest BCUT2D eigenvalue weighted by Gasteiger charge is -2.33. The number of hydrogen-bond acceptors (Lipinski definition) is 3. The number of anilines is 1. The number of aryl methyl sites for hydroxylation is 1. The lowest BCUT2D eigenvalue weighted by atomic mass is 10.1. The summed E-state index contributed by atoms with van der Waals surface area (Å²) in [5.41, 5.74) is 2.16. The van der Waals surface area contributed by atoms with E-state index in [0.29, 0.717) is 12.5 Å². The Hall–Kier alpha value is -1.55. The lowest BCUT2D eigenvalue weighted by molar-refractivity contribution is 0.115. The minimum atomic E-state index is -0.233. The van der Waals surface area contributed by atoms with Gasteiger partial charge in [-0.05, 0) is 25.1 Å². The van der Waals surface area contributed by atoms with Crippen molar-refractivity contribution in [2.24, 2.45) is 5.92 Å². The van der Waals surface area contributed by atoms with E-state index in [4.69, 9.17) is 4.74 Å². The van der Waals surface area contributed by atoms with Crippen LogP contribution in [0.3, 0.4) is 0 Å². The van der Waals surface area contributed by atoms with Gasteiger partial charge in [0.05, 0.1) is 12.3 Å². The maximum absolute atomic E-state index is 11.9. The van der Waals surface area contributed by atoms with Crippen molar-refractivity contribution in [2.45, 2.75) is 13.3 Å². The molecule has 0 bridgehead atoms. The van der Waals surface area contributed by atoms with E-state index in [1.54, 1.807) is 4.90 Å². The monoisotopic (exact) mass is 248 g/mol. The Balaban J connectivity index is 2.21. The van der Waals surface area contributed by atoms with Crippen LogP contribution in [-0.2, 0) is 11.2 Å². The Morgan fingerprint density at radius 1 is 1.44 bits per heavy atom. The molecule has 1 aromatic carbocycles. The molecule has 1 unspecified atom stereocenters. The van der Waals surface area contributed by atoms with Crippen molar-refractivity contribution in [3.8, 4) is 0 Å². The van der Waals surface area contributed by atoms with Gasteiger partial charge in [-0.1, -0.05) is 25.1 Å². The number of benzene rings is 1. The normalized spacial score (nSPS) is 19.8. The molecule has 0 saturated carbocycles. The van der Waals surface area contributed by atoms with Crippen molar-refractivity contribution >= 4 is 11.8 Å². The third-order valence-corrected chi connectivity index (χ3v) is 3.26. The van der Waals surface area contributed by atoms with Crippen LogP contribution in [0.4, 0.5) is 10.5 Å². The van der Waals surface area contributed by atoms with Crippen LogP contribution in [0.2, 0.25) is 0 Å². The van der Waals surface area contributed by atoms with Gasteiger partial charge in [0.1, 0.15) is 0 Å². The second-order valence-electron chi connectivity index (χ2n) is 4.59. The van der Waals surface area contributed by atoms with Gasteiger partial charge in [-0.25, -0.2) is 4.79 Å². The van der Waals surface area contributed by atoms with E-state index in [1.165, 1.54) is 5.56 Å². The standard InChI is InChI=1S/C14H20N2O2/c1-3-12-6-4-5-7-13(12)16-9-11(8-15-2)10-18-14(16)17/h4-7,11,15H,3,8-10H2,1-2H3. The SMILES string of the molecule is CCc1ccccc1N1CC(CNC)COC1=O. The first-order valence-electron chi connectivity index (χ1n) is 6.43. The van der Waals surface area contributed by atoms with E-state index in [2.05, 4.69) is 18.3 Å². The summed E-state index contributed by atoms with van der Waals surface area (Å²) < 4.78 is 5.26. The summed E-state index contributed by atoms with van der Waals surface area (Å²) in [6.07, 6.45) is 0.680. The minimum Gasteiger partial charge on any atom is -0.449 e. The smallest absolute Gasteiger partial charge is 0.414 e. The summed E-state index contributed by atoms with van der Waals surface area (Å²) in [7, 11) is 1.92. The Bertz CT molecular complexity index is 420. The van der Waals surface area contributed by atoms with Gasteiger partial charge >= 0.3 is 6.09 Å². The highest BCUT2D eigenvalue weighted by atomic mass is 16.6. The van der Waals surface area contributed by atoms with Crippen LogP contribution in [0.25, 0.3) is 0 Å². The van der Waals surface area contributed by atoms with Crippen molar-refractivity contribution in [3.05, 3.63) is 29.8 Å². The molecule has 98 valence electrons. The van der Waals surface area contributed by atoms with Crippen LogP contribution in [0.5, 0.6) is 0 Å². The van der Waals surface area contributed by atoms with Crippen molar-refractivity contribution < 1.29 is 9.53 Å². The first-order valence-corrected chi connectivity index (χ1v) is 6.43. The van der Waals surface area contributed by atoms with E-state index >= 15 is 0 Å². The topological polar surface area (TPSA) is 41.6 Å². The molecule has 1 aliphatic rings. The zero-order valence-electron chi connectivity index (χ0n) is 11.0. The molecule has 0 aliphatic carbocycles. The number of nitrogens with one attached hydrogen (secondary N) is 1. The number of para-hydroxylation sites is 1. The molecule has 2 rings (SSSR count). The number of amides is 1. The van der Waals surface area contributed by atoms with Crippen molar-refractivity contribution in [1.82, 2.24) is 5.32 Å². The first-order chi connectivity index (χ1) is 8.76. The Kier molecular flexibility index (Phi) is 4.20. The van der Waals surface area contributed by atoms with E-state index in [-0.39, 0.29) is 6.09 Å². The molecular weight excluding hydrogens is 228 g/mol. The van der Waals surface area contributed by atoms with Crippen LogP contribution < -0.4 is 10.2 Å². The highest BCUT2D eigenvalue weighted by Crippen LogP contribution is 2.25. The van der Waals surface area contributed by atoms with Crippen LogP contribution in [0, 0.1) is 5.92 Å². The van der Waals surface area contributed by atoms with Crippen molar-refractivity contribution in [3.63, 3.8) is 0 Å². The van der Waals surface area contributed by atoms with Gasteiger partial charge in [-0.15, -0.1) is 0 Å². The molecule has 1 N–H and O–H groups in total. The molecule has 1 aromatic rings. The van der Waals surface area contributed by atoms with Gasteiger partial charge in [0, 0.05) is 19.0 Å². The van der Waals surface area contributed by atoms with Crippen molar-refractivity contribution in [1.29, 1.82) is 0 Å². The molecule has 1 aliphatic heterocycles. The van der Waals surface area contributed by atoms with Crippen molar-refractivity contribution in [2.75, 3.05) is 31.6 Å². The third kappa shape index (κ3) is 2.64. The summed E-state index contributed by atoms with van der Waals surface area (Å²) in [5.74, 6) is 0.345. The fourth-order valence-electron chi connectivity index (χ4n) is 2.33. The molecule has 0 spiro atoms. The molecule has 18 heavy (non-hydrogen) atoms. The fourth-order valence-corrected chi connectivity index (χ4v) is 2.33. The summed E-state index contributed by atoms with van der Waals surface area (Å²) in [4.78, 5) is 13.7. The van der Waals surface area contributed by atoms with Crippen LogP contribution in [-0.4, -0.2) is 32.8 Å². The van der Waals surface area contributed by atoms with Crippen LogP contribution in [0.15, 0.2) is 24.3 Å². The van der Waals surface area contributed by atoms with Gasteiger partial charge in [0.15, 0.2) is 0 Å². The number of hydrogen-bond donors (Lipinski definition) is 1. The molecule has 1 atom stereocenters. The summed E-state index contributed by atoms with van der Waals surface area (Å²) >= 11 is 0. The Morgan fingerprint density at radius 3 is 2.94 bits per heavy atom. The van der Waals surface area contributed by atoms with E-state index in [1.807, 2.05) is 25.2 Å². The number of cyclic esters (lactones) is 1. The fraction of sp³-hybridized carbons (Fsp3) is 0.500. The van der Waals surface area contributed by atoms with Gasteiger partial charge in [-0.3, -0.25) is 4.90 Å². The van der Waals surface area contributed by atoms with E-state index in [9.17, 15) is 4.79 Å². The average molecular weight is 248 g/mol. The highest BCUT2D eigenvalue weighted by Gasteiger charge is 2.28. The zero-order chi connectivity index (χ0) is 13.0. The number of nitrogens with zero attached hydrogens (tertiary/aromatic N) is 1. The number of rotatable bonds is 4. The molecule has 4 nitrogen and oxygen atoms in total. The molecule has 1 saturated heterocycles. The highest BCUT2D eigenvalue weighted by molar-refractivity contribution is 5.89. The quantitative estimate of drug-likeness (QED) is 0.886. The van der Waals surface area contributed by atoms with E-state index < -0.39 is 0 Å². The third-order valence-electron chi connectivity index (χ3n) is 3.26. The van der Waals surface area contributed by atoms with Gasteiger partial charge in [0.25, 0.3) is 0 Å². The average Bonchev–Trinajstić information content (AvgIpc) is 2.41. The van der Waals surface area contributed by atoms with E-state index in [0.717, 1.165) is 25.2 Å². The number of ether oxygens (including phenoxy) is 1. The molecule has 1 fully saturated rings. The number of carbonyl (C=O) groups excluding carboxylic acids is 1.